The van der Waals surface area contributed by atoms with Gasteiger partial charge < -0.3 is 0 Å². The van der Waals surface area contributed by atoms with Gasteiger partial charge in [-0.2, -0.15) is 0 Å². The van der Waals surface area contributed by atoms with Crippen LogP contribution in [0.5, 0.6) is 0 Å². The maximum atomic E-state index is 5.99. The summed E-state index contributed by atoms with van der Waals surface area (Å²) in [6, 6.07) is 8.22. The van der Waals surface area contributed by atoms with Crippen molar-refractivity contribution in [2.75, 3.05) is 0 Å². The first-order valence-corrected chi connectivity index (χ1v) is 6.35. The normalized spacial score (nSPS) is 12.7. The second-order valence-corrected chi connectivity index (χ2v) is 4.79. The number of benzene rings is 2. The summed E-state index contributed by atoms with van der Waals surface area (Å²) in [7, 11) is 0. The maximum Gasteiger partial charge on any atom is 0.155 e. The van der Waals surface area contributed by atoms with E-state index in [1.165, 1.54) is 5.39 Å². The van der Waals surface area contributed by atoms with Crippen molar-refractivity contribution in [2.24, 2.45) is 0 Å². The number of rotatable bonds is 0. The van der Waals surface area contributed by atoms with Crippen LogP contribution in [-0.2, 0) is 0 Å². The molecule has 88 valence electrons. The van der Waals surface area contributed by atoms with Gasteiger partial charge in [0.15, 0.2) is 5.52 Å². The van der Waals surface area contributed by atoms with Crippen molar-refractivity contribution >= 4 is 45.6 Å². The summed E-state index contributed by atoms with van der Waals surface area (Å²) in [5, 5.41) is 2.68. The van der Waals surface area contributed by atoms with Gasteiger partial charge in [-0.25, -0.2) is 9.97 Å². The third-order valence-electron chi connectivity index (χ3n) is 3.33. The molecule has 0 saturated carbocycles. The molecular weight excluding hydrogens is 256 g/mol. The summed E-state index contributed by atoms with van der Waals surface area (Å²) in [4.78, 5) is 8.89. The number of hydrogen-bond donors (Lipinski definition) is 0. The van der Waals surface area contributed by atoms with Crippen LogP contribution in [0.4, 0.5) is 0 Å². The fourth-order valence-corrected chi connectivity index (χ4v) is 2.67. The van der Waals surface area contributed by atoms with E-state index in [2.05, 4.69) is 34.3 Å². The van der Waals surface area contributed by atoms with Crippen molar-refractivity contribution < 1.29 is 0 Å². The van der Waals surface area contributed by atoms with Gasteiger partial charge in [0, 0.05) is 16.8 Å². The molecule has 1 aliphatic rings. The molecule has 0 spiro atoms. The number of nitrogens with zero attached hydrogens (tertiary/aromatic N) is 2. The molecule has 3 aromatic rings. The first-order chi connectivity index (χ1) is 9.34. The summed E-state index contributed by atoms with van der Waals surface area (Å²) in [5.41, 5.74) is 3.90. The van der Waals surface area contributed by atoms with Crippen LogP contribution in [0, 0.1) is 6.08 Å². The Labute approximate surface area is 115 Å². The van der Waals surface area contributed by atoms with Gasteiger partial charge in [0.05, 0.1) is 12.3 Å². The highest BCUT2D eigenvalue weighted by Crippen LogP contribution is 2.34. The molecule has 19 heavy (non-hydrogen) atoms. The number of halogens is 1. The van der Waals surface area contributed by atoms with E-state index in [1.807, 2.05) is 24.3 Å². The smallest absolute Gasteiger partial charge is 0.155 e. The van der Waals surface area contributed by atoms with Crippen molar-refractivity contribution in [2.45, 2.75) is 0 Å². The van der Waals surface area contributed by atoms with Crippen LogP contribution < -0.4 is 0 Å². The van der Waals surface area contributed by atoms with E-state index in [1.54, 1.807) is 6.20 Å². The van der Waals surface area contributed by atoms with Gasteiger partial charge in [-0.1, -0.05) is 35.9 Å². The van der Waals surface area contributed by atoms with Gasteiger partial charge in [0.25, 0.3) is 0 Å². The maximum absolute atomic E-state index is 5.99. The van der Waals surface area contributed by atoms with Crippen molar-refractivity contribution in [1.29, 1.82) is 0 Å². The van der Waals surface area contributed by atoms with Gasteiger partial charge in [-0.05, 0) is 0 Å². The molecule has 1 aromatic heterocycles. The highest BCUT2D eigenvalue weighted by atomic mass is 35.5. The third kappa shape index (κ3) is 1.48. The van der Waals surface area contributed by atoms with Crippen molar-refractivity contribution in [3.8, 4) is 0 Å². The summed E-state index contributed by atoms with van der Waals surface area (Å²) in [6.45, 7) is 0. The largest absolute Gasteiger partial charge is 0.249 e. The summed E-state index contributed by atoms with van der Waals surface area (Å²) < 4.78 is 0. The molecule has 0 atom stereocenters. The van der Waals surface area contributed by atoms with Crippen molar-refractivity contribution in [3.05, 3.63) is 58.9 Å². The lowest BCUT2D eigenvalue weighted by Gasteiger charge is -2.07. The van der Waals surface area contributed by atoms with E-state index in [0.717, 1.165) is 27.5 Å². The Balaban J connectivity index is 2.34. The lowest BCUT2D eigenvalue weighted by Crippen LogP contribution is -1.95. The highest BCUT2D eigenvalue weighted by Gasteiger charge is 2.20. The Morgan fingerprint density at radius 1 is 1.00 bits per heavy atom. The standard InChI is InChI=1S/C16H8ClN2/c17-14-9-18-15-12-7-3-1-5-10(12)11-6-2-4-8-13(11)16(15)19-14/h1-3,5-9H/q+1. The number of fused-ring (bicyclic) bond motifs is 6. The zero-order valence-electron chi connectivity index (χ0n) is 9.89. The summed E-state index contributed by atoms with van der Waals surface area (Å²) in [5.74, 6) is 0. The highest BCUT2D eigenvalue weighted by molar-refractivity contribution is 6.29. The Morgan fingerprint density at radius 2 is 1.84 bits per heavy atom. The molecule has 0 radical (unpaired) electrons. The number of hydrogen-bond acceptors (Lipinski definition) is 2. The second kappa shape index (κ2) is 3.86. The molecule has 0 fully saturated rings. The minimum Gasteiger partial charge on any atom is -0.249 e. The lowest BCUT2D eigenvalue weighted by molar-refractivity contribution is 1.30. The van der Waals surface area contributed by atoms with E-state index in [4.69, 9.17) is 11.6 Å². The second-order valence-electron chi connectivity index (χ2n) is 4.41. The minimum atomic E-state index is 0.410. The molecule has 3 heteroatoms. The van der Waals surface area contributed by atoms with E-state index < -0.39 is 0 Å². The van der Waals surface area contributed by atoms with Crippen LogP contribution in [0.2, 0.25) is 5.15 Å². The van der Waals surface area contributed by atoms with Crippen LogP contribution in [-0.4, -0.2) is 9.97 Å². The molecular formula is C16H8ClN2+. The van der Waals surface area contributed by atoms with Crippen LogP contribution in [0.15, 0.2) is 36.5 Å². The topological polar surface area (TPSA) is 25.8 Å². The quantitative estimate of drug-likeness (QED) is 0.447. The Hall–Kier alpha value is -2.28. The monoisotopic (exact) mass is 263 g/mol. The molecule has 0 bridgehead atoms. The van der Waals surface area contributed by atoms with Gasteiger partial charge in [-0.15, -0.1) is 0 Å². The van der Waals surface area contributed by atoms with Crippen LogP contribution in [0.1, 0.15) is 11.1 Å². The molecule has 1 aliphatic carbocycles. The average Bonchev–Trinajstić information content (AvgIpc) is 2.47. The van der Waals surface area contributed by atoms with E-state index >= 15 is 0 Å². The molecule has 0 unspecified atom stereocenters. The predicted octanol–water partition coefficient (Wildman–Crippen LogP) is 4.28. The zero-order chi connectivity index (χ0) is 12.8. The van der Waals surface area contributed by atoms with Crippen LogP contribution in [0.3, 0.4) is 0 Å². The fourth-order valence-electron chi connectivity index (χ4n) is 2.54. The molecule has 1 heterocycles. The van der Waals surface area contributed by atoms with Crippen molar-refractivity contribution in [3.63, 3.8) is 0 Å². The van der Waals surface area contributed by atoms with Crippen LogP contribution in [0.25, 0.3) is 34.0 Å². The van der Waals surface area contributed by atoms with E-state index in [0.29, 0.717) is 5.15 Å². The fraction of sp³-hybridized carbons (Fsp3) is 0. The molecule has 0 N–H and O–H groups in total. The molecule has 0 aliphatic heterocycles. The van der Waals surface area contributed by atoms with Gasteiger partial charge in [0.2, 0.25) is 0 Å². The van der Waals surface area contributed by atoms with Crippen LogP contribution >= 0.6 is 11.6 Å². The first kappa shape index (κ1) is 10.6. The zero-order valence-corrected chi connectivity index (χ0v) is 10.6. The number of allylic oxidation sites excluding steroid dienone is 2. The van der Waals surface area contributed by atoms with Gasteiger partial charge >= 0.3 is 0 Å². The molecule has 0 saturated heterocycles. The Bertz CT molecular complexity index is 879. The number of aromatic nitrogens is 2. The average molecular weight is 264 g/mol. The first-order valence-electron chi connectivity index (χ1n) is 5.97. The molecule has 0 amide bonds. The Kier molecular flexibility index (Phi) is 2.16. The summed E-state index contributed by atoms with van der Waals surface area (Å²) >= 11 is 5.99. The van der Waals surface area contributed by atoms with Gasteiger partial charge in [-0.3, -0.25) is 0 Å². The molecule has 4 rings (SSSR count). The minimum absolute atomic E-state index is 0.410. The SMILES string of the molecule is Clc1cnc2c(n1)c1c(c3ccccc32)C=C[C+]=C1. The lowest BCUT2D eigenvalue weighted by atomic mass is 9.94. The Morgan fingerprint density at radius 3 is 2.74 bits per heavy atom. The molecule has 2 aromatic carbocycles. The summed E-state index contributed by atoms with van der Waals surface area (Å²) in [6.07, 6.45) is 10.6. The van der Waals surface area contributed by atoms with Crippen molar-refractivity contribution in [1.82, 2.24) is 9.97 Å². The van der Waals surface area contributed by atoms with E-state index in [9.17, 15) is 0 Å². The molecule has 2 nitrogen and oxygen atoms in total. The van der Waals surface area contributed by atoms with E-state index in [-0.39, 0.29) is 0 Å². The third-order valence-corrected chi connectivity index (χ3v) is 3.52. The predicted molar refractivity (Wildman–Crippen MR) is 78.8 cm³/mol. The van der Waals surface area contributed by atoms with Gasteiger partial charge in [0.1, 0.15) is 33.9 Å².